The SMILES string of the molecule is CC/C=C\C/C=C\C/C=C\C/C=C\C/C=C\C/C=C\C/C=C\C/C=C\CCCCCCCCCCCCC(=O)NC(COC1OC(CO)C(OC2OC(CO)C(OC3OC(CO)C(O)C(O)C3O)C(O)C2O)C(O)C1O)C(O)CCCCCCC. The van der Waals surface area contributed by atoms with Gasteiger partial charge in [0.05, 0.1) is 38.6 Å². The molecule has 0 aromatic rings. The van der Waals surface area contributed by atoms with E-state index in [1.54, 1.807) is 0 Å². The highest BCUT2D eigenvalue weighted by molar-refractivity contribution is 5.76. The van der Waals surface area contributed by atoms with E-state index in [1.807, 2.05) is 0 Å². The standard InChI is InChI=1S/C66H111NO18/c1-3-5-7-9-10-11-12-13-14-15-16-17-18-19-20-21-22-23-24-25-26-27-28-29-30-31-32-33-34-35-36-37-38-40-42-44-54(72)67-49(50(71)43-41-39-8-6-4-2)48-80-64-60(78)57(75)62(52(46-69)82-64)85-66-61(79)58(76)63(53(47-70)83-66)84-65-59(77)56(74)55(73)51(45-68)81-65/h5,7,10-11,13-14,16-17,19-20,22-23,25-26,28-29,49-53,55-66,68-71,73-79H,3-4,6,8-9,12,15,18,21,24,27,30-48H2,1-2H3,(H,67,72)/b7-5-,11-10-,14-13-,17-16-,20-19-,23-22-,26-25-,29-28-. The van der Waals surface area contributed by atoms with Gasteiger partial charge in [-0.1, -0.05) is 195 Å². The van der Waals surface area contributed by atoms with Crippen molar-refractivity contribution in [2.45, 2.75) is 285 Å². The van der Waals surface area contributed by atoms with Crippen molar-refractivity contribution in [2.24, 2.45) is 0 Å². The second kappa shape index (κ2) is 47.7. The van der Waals surface area contributed by atoms with E-state index in [2.05, 4.69) is 116 Å². The number of allylic oxidation sites excluding steroid dienone is 16. The van der Waals surface area contributed by atoms with Crippen molar-refractivity contribution in [3.05, 3.63) is 97.2 Å². The largest absolute Gasteiger partial charge is 0.394 e. The number of hydrogen-bond acceptors (Lipinski definition) is 18. The molecule has 17 unspecified atom stereocenters. The number of ether oxygens (including phenoxy) is 6. The molecule has 19 heteroatoms. The maximum absolute atomic E-state index is 13.2. The van der Waals surface area contributed by atoms with E-state index in [0.29, 0.717) is 19.3 Å². The molecule has 12 N–H and O–H groups in total. The van der Waals surface area contributed by atoms with Crippen LogP contribution in [0.25, 0.3) is 0 Å². The molecule has 3 heterocycles. The highest BCUT2D eigenvalue weighted by Gasteiger charge is 2.53. The molecule has 3 saturated heterocycles. The number of carbonyl (C=O) groups excluding carboxylic acids is 1. The molecule has 0 aliphatic carbocycles. The van der Waals surface area contributed by atoms with E-state index in [4.69, 9.17) is 28.4 Å². The molecule has 0 bridgehead atoms. The minimum absolute atomic E-state index is 0.253. The van der Waals surface area contributed by atoms with Gasteiger partial charge >= 0.3 is 0 Å². The van der Waals surface area contributed by atoms with E-state index in [0.717, 1.165) is 109 Å². The van der Waals surface area contributed by atoms with Crippen molar-refractivity contribution in [3.8, 4) is 0 Å². The summed E-state index contributed by atoms with van der Waals surface area (Å²) in [7, 11) is 0. The Morgan fingerprint density at radius 3 is 1.27 bits per heavy atom. The van der Waals surface area contributed by atoms with Crippen LogP contribution in [-0.2, 0) is 33.2 Å². The van der Waals surface area contributed by atoms with Crippen LogP contribution in [0.5, 0.6) is 0 Å². The number of amides is 1. The highest BCUT2D eigenvalue weighted by Crippen LogP contribution is 2.33. The summed E-state index contributed by atoms with van der Waals surface area (Å²) in [5.41, 5.74) is 0. The summed E-state index contributed by atoms with van der Waals surface area (Å²) >= 11 is 0. The van der Waals surface area contributed by atoms with Crippen molar-refractivity contribution in [1.82, 2.24) is 5.32 Å². The monoisotopic (exact) mass is 1210 g/mol. The van der Waals surface area contributed by atoms with Crippen LogP contribution in [0.15, 0.2) is 97.2 Å². The molecule has 0 aromatic heterocycles. The van der Waals surface area contributed by atoms with Gasteiger partial charge in [-0.15, -0.1) is 0 Å². The fourth-order valence-corrected chi connectivity index (χ4v) is 10.2. The molecule has 1 amide bonds. The maximum atomic E-state index is 13.2. The number of carbonyl (C=O) groups is 1. The molecule has 0 radical (unpaired) electrons. The van der Waals surface area contributed by atoms with Gasteiger partial charge in [0.15, 0.2) is 18.9 Å². The van der Waals surface area contributed by atoms with Crippen LogP contribution in [0.2, 0.25) is 0 Å². The van der Waals surface area contributed by atoms with E-state index < -0.39 is 124 Å². The number of hydrogen-bond donors (Lipinski definition) is 12. The predicted molar refractivity (Wildman–Crippen MR) is 327 cm³/mol. The lowest BCUT2D eigenvalue weighted by atomic mass is 9.96. The van der Waals surface area contributed by atoms with Crippen LogP contribution in [0, 0.1) is 0 Å². The fourth-order valence-electron chi connectivity index (χ4n) is 10.2. The Morgan fingerprint density at radius 2 is 0.812 bits per heavy atom. The molecule has 3 fully saturated rings. The average Bonchev–Trinajstić information content (AvgIpc) is 2.21. The summed E-state index contributed by atoms with van der Waals surface area (Å²) in [6.07, 6.45) is 34.4. The van der Waals surface area contributed by atoms with Gasteiger partial charge in [0.2, 0.25) is 5.91 Å². The van der Waals surface area contributed by atoms with Crippen LogP contribution in [0.3, 0.4) is 0 Å². The quantitative estimate of drug-likeness (QED) is 0.0217. The molecule has 19 nitrogen and oxygen atoms in total. The minimum Gasteiger partial charge on any atom is -0.394 e. The summed E-state index contributed by atoms with van der Waals surface area (Å²) < 4.78 is 34.1. The lowest BCUT2D eigenvalue weighted by Gasteiger charge is -2.48. The second-order valence-corrected chi connectivity index (χ2v) is 22.5. The van der Waals surface area contributed by atoms with E-state index in [-0.39, 0.29) is 18.9 Å². The first-order chi connectivity index (χ1) is 41.3. The minimum atomic E-state index is -1.97. The van der Waals surface area contributed by atoms with E-state index in [1.165, 1.54) is 32.1 Å². The molecule has 0 saturated carbocycles. The van der Waals surface area contributed by atoms with Crippen LogP contribution >= 0.6 is 0 Å². The lowest BCUT2D eigenvalue weighted by molar-refractivity contribution is -0.379. The van der Waals surface area contributed by atoms with Gasteiger partial charge in [-0.25, -0.2) is 0 Å². The third-order valence-corrected chi connectivity index (χ3v) is 15.4. The molecular weight excluding hydrogens is 1090 g/mol. The van der Waals surface area contributed by atoms with Gasteiger partial charge in [0.25, 0.3) is 0 Å². The normalized spacial score (nSPS) is 29.6. The number of nitrogens with one attached hydrogen (secondary N) is 1. The van der Waals surface area contributed by atoms with E-state index >= 15 is 0 Å². The van der Waals surface area contributed by atoms with Crippen LogP contribution in [0.1, 0.15) is 181 Å². The van der Waals surface area contributed by atoms with Crippen molar-refractivity contribution >= 4 is 5.91 Å². The van der Waals surface area contributed by atoms with Gasteiger partial charge in [-0.3, -0.25) is 4.79 Å². The topological polar surface area (TPSA) is 307 Å². The van der Waals surface area contributed by atoms with Gasteiger partial charge in [-0.2, -0.15) is 0 Å². The van der Waals surface area contributed by atoms with Gasteiger partial charge in [0.1, 0.15) is 73.2 Å². The summed E-state index contributed by atoms with van der Waals surface area (Å²) in [5.74, 6) is -0.260. The average molecular weight is 1210 g/mol. The molecular formula is C66H111NO18. The smallest absolute Gasteiger partial charge is 0.220 e. The Bertz CT molecular complexity index is 1920. The molecule has 3 rings (SSSR count). The Kier molecular flexibility index (Phi) is 42.6. The number of aliphatic hydroxyl groups excluding tert-OH is 11. The maximum Gasteiger partial charge on any atom is 0.220 e. The first-order valence-corrected chi connectivity index (χ1v) is 32.0. The van der Waals surface area contributed by atoms with Crippen LogP contribution < -0.4 is 5.32 Å². The number of rotatable bonds is 46. The van der Waals surface area contributed by atoms with E-state index in [9.17, 15) is 61.0 Å². The molecule has 85 heavy (non-hydrogen) atoms. The predicted octanol–water partition coefficient (Wildman–Crippen LogP) is 6.93. The van der Waals surface area contributed by atoms with Gasteiger partial charge in [-0.05, 0) is 77.0 Å². The molecule has 0 spiro atoms. The number of aliphatic hydroxyl groups is 11. The third-order valence-electron chi connectivity index (χ3n) is 15.4. The summed E-state index contributed by atoms with van der Waals surface area (Å²) in [6.45, 7) is 1.54. The van der Waals surface area contributed by atoms with Crippen LogP contribution in [0.4, 0.5) is 0 Å². The van der Waals surface area contributed by atoms with Crippen molar-refractivity contribution in [3.63, 3.8) is 0 Å². The number of unbranched alkanes of at least 4 members (excludes halogenated alkanes) is 14. The molecule has 3 aliphatic rings. The Labute approximate surface area is 507 Å². The molecule has 0 aromatic carbocycles. The summed E-state index contributed by atoms with van der Waals surface area (Å²) in [5, 5.41) is 120. The van der Waals surface area contributed by atoms with Gasteiger partial charge < -0.3 is 89.9 Å². The fraction of sp³-hybridized carbons (Fsp3) is 0.742. The summed E-state index contributed by atoms with van der Waals surface area (Å²) in [4.78, 5) is 13.2. The van der Waals surface area contributed by atoms with Crippen molar-refractivity contribution in [2.75, 3.05) is 26.4 Å². The zero-order chi connectivity index (χ0) is 61.9. The van der Waals surface area contributed by atoms with Crippen LogP contribution in [-0.4, -0.2) is 193 Å². The van der Waals surface area contributed by atoms with Crippen molar-refractivity contribution in [1.29, 1.82) is 0 Å². The second-order valence-electron chi connectivity index (χ2n) is 22.5. The van der Waals surface area contributed by atoms with Crippen molar-refractivity contribution < 1.29 is 89.4 Å². The highest BCUT2D eigenvalue weighted by atomic mass is 16.8. The molecule has 17 atom stereocenters. The Balaban J connectivity index is 1.30. The zero-order valence-electron chi connectivity index (χ0n) is 51.0. The first-order valence-electron chi connectivity index (χ1n) is 32.0. The Morgan fingerprint density at radius 1 is 0.435 bits per heavy atom. The van der Waals surface area contributed by atoms with Gasteiger partial charge in [0, 0.05) is 6.42 Å². The summed E-state index contributed by atoms with van der Waals surface area (Å²) in [6, 6.07) is -0.891. The molecule has 3 aliphatic heterocycles. The first kappa shape index (κ1) is 76.0. The zero-order valence-corrected chi connectivity index (χ0v) is 51.0. The Hall–Kier alpha value is -3.29. The lowest BCUT2D eigenvalue weighted by Crippen LogP contribution is -2.66. The molecule has 488 valence electrons. The third kappa shape index (κ3) is 30.7.